The number of hydrogen-bond acceptors (Lipinski definition) is 6. The lowest BCUT2D eigenvalue weighted by Crippen LogP contribution is -2.26. The number of anilines is 1. The van der Waals surface area contributed by atoms with Gasteiger partial charge in [0.25, 0.3) is 5.91 Å². The fourth-order valence-corrected chi connectivity index (χ4v) is 3.96. The van der Waals surface area contributed by atoms with Crippen LogP contribution in [0.3, 0.4) is 0 Å². The van der Waals surface area contributed by atoms with Crippen LogP contribution in [0.15, 0.2) is 65.8 Å². The normalized spacial score (nSPS) is 10.7. The Balaban J connectivity index is 1.72. The van der Waals surface area contributed by atoms with E-state index in [9.17, 15) is 4.79 Å². The van der Waals surface area contributed by atoms with Crippen molar-refractivity contribution in [2.75, 3.05) is 38.8 Å². The van der Waals surface area contributed by atoms with Gasteiger partial charge in [0.2, 0.25) is 0 Å². The Morgan fingerprint density at radius 1 is 1.09 bits per heavy atom. The van der Waals surface area contributed by atoms with Crippen molar-refractivity contribution in [3.63, 3.8) is 0 Å². The molecule has 2 aromatic carbocycles. The second-order valence-electron chi connectivity index (χ2n) is 7.42. The van der Waals surface area contributed by atoms with Crippen molar-refractivity contribution in [3.8, 4) is 11.3 Å². The van der Waals surface area contributed by atoms with E-state index >= 15 is 0 Å². The van der Waals surface area contributed by atoms with Gasteiger partial charge >= 0.3 is 0 Å². The third-order valence-corrected chi connectivity index (χ3v) is 5.81. The Bertz CT molecular complexity index is 997. The second-order valence-corrected chi connectivity index (χ2v) is 8.36. The summed E-state index contributed by atoms with van der Waals surface area (Å²) in [6.45, 7) is 4.09. The highest BCUT2D eigenvalue weighted by Gasteiger charge is 2.11. The Morgan fingerprint density at radius 3 is 2.53 bits per heavy atom. The molecule has 0 unspecified atom stereocenters. The molecule has 168 valence electrons. The van der Waals surface area contributed by atoms with Gasteiger partial charge in [-0.15, -0.1) is 0 Å². The molecule has 0 radical (unpaired) electrons. The quantitative estimate of drug-likeness (QED) is 0.260. The minimum absolute atomic E-state index is 0.0937. The van der Waals surface area contributed by atoms with Gasteiger partial charge in [-0.1, -0.05) is 61.2 Å². The maximum Gasteiger partial charge on any atom is 0.251 e. The standard InChI is InChI=1S/C25H30N4O2S/c1-4-15-29(2)23-17-22(20-8-6-5-7-9-20)27-25(28-23)32-18-19-10-12-21(13-11-19)24(30)26-14-16-31-3/h5-13,17H,4,14-16,18H2,1-3H3,(H,26,30). The van der Waals surface area contributed by atoms with E-state index in [-0.39, 0.29) is 5.91 Å². The number of thioether (sulfide) groups is 1. The highest BCUT2D eigenvalue weighted by Crippen LogP contribution is 2.27. The van der Waals surface area contributed by atoms with Crippen LogP contribution < -0.4 is 10.2 Å². The Hall–Kier alpha value is -2.90. The van der Waals surface area contributed by atoms with Crippen molar-refractivity contribution in [2.24, 2.45) is 0 Å². The van der Waals surface area contributed by atoms with Gasteiger partial charge < -0.3 is 15.0 Å². The van der Waals surface area contributed by atoms with Crippen LogP contribution in [0.2, 0.25) is 0 Å². The third-order valence-electron chi connectivity index (χ3n) is 4.89. The lowest BCUT2D eigenvalue weighted by molar-refractivity contribution is 0.0937. The summed E-state index contributed by atoms with van der Waals surface area (Å²) < 4.78 is 4.96. The molecule has 0 atom stereocenters. The molecule has 1 heterocycles. The first-order valence-corrected chi connectivity index (χ1v) is 11.7. The molecule has 0 aliphatic carbocycles. The lowest BCUT2D eigenvalue weighted by Gasteiger charge is -2.18. The van der Waals surface area contributed by atoms with E-state index < -0.39 is 0 Å². The van der Waals surface area contributed by atoms with Crippen LogP contribution in [0.1, 0.15) is 29.3 Å². The Labute approximate surface area is 194 Å². The summed E-state index contributed by atoms with van der Waals surface area (Å²) in [4.78, 5) is 23.9. The molecule has 0 aliphatic heterocycles. The molecule has 0 fully saturated rings. The summed E-state index contributed by atoms with van der Waals surface area (Å²) in [5.74, 6) is 1.55. The number of nitrogens with zero attached hydrogens (tertiary/aromatic N) is 3. The number of ether oxygens (including phenoxy) is 1. The molecule has 0 bridgehead atoms. The number of methoxy groups -OCH3 is 1. The lowest BCUT2D eigenvalue weighted by atomic mass is 10.1. The molecule has 32 heavy (non-hydrogen) atoms. The molecule has 0 spiro atoms. The predicted octanol–water partition coefficient (Wildman–Crippen LogP) is 4.66. The largest absolute Gasteiger partial charge is 0.383 e. The molecule has 1 aromatic heterocycles. The smallest absolute Gasteiger partial charge is 0.251 e. The minimum atomic E-state index is -0.0937. The van der Waals surface area contributed by atoms with E-state index in [1.165, 1.54) is 0 Å². The Morgan fingerprint density at radius 2 is 1.84 bits per heavy atom. The van der Waals surface area contributed by atoms with Crippen molar-refractivity contribution in [1.82, 2.24) is 15.3 Å². The van der Waals surface area contributed by atoms with E-state index in [1.54, 1.807) is 18.9 Å². The van der Waals surface area contributed by atoms with Gasteiger partial charge in [0.1, 0.15) is 5.82 Å². The number of amides is 1. The number of rotatable bonds is 11. The summed E-state index contributed by atoms with van der Waals surface area (Å²) in [5, 5.41) is 3.57. The van der Waals surface area contributed by atoms with Crippen LogP contribution in [0.25, 0.3) is 11.3 Å². The summed E-state index contributed by atoms with van der Waals surface area (Å²) in [5.41, 5.74) is 3.75. The first-order valence-electron chi connectivity index (χ1n) is 10.7. The van der Waals surface area contributed by atoms with Gasteiger partial charge in [-0.3, -0.25) is 4.79 Å². The van der Waals surface area contributed by atoms with E-state index in [1.807, 2.05) is 48.5 Å². The van der Waals surface area contributed by atoms with Crippen molar-refractivity contribution in [2.45, 2.75) is 24.3 Å². The van der Waals surface area contributed by atoms with E-state index in [0.717, 1.165) is 46.5 Å². The highest BCUT2D eigenvalue weighted by atomic mass is 32.2. The number of benzene rings is 2. The molecule has 6 nitrogen and oxygen atoms in total. The Kier molecular flexibility index (Phi) is 9.07. The molecule has 0 saturated carbocycles. The van der Waals surface area contributed by atoms with Gasteiger partial charge in [-0.2, -0.15) is 0 Å². The van der Waals surface area contributed by atoms with Gasteiger partial charge in [-0.05, 0) is 24.1 Å². The van der Waals surface area contributed by atoms with Crippen LogP contribution >= 0.6 is 11.8 Å². The molecule has 0 aliphatic rings. The molecule has 1 amide bonds. The van der Waals surface area contributed by atoms with Crippen LogP contribution in [-0.4, -0.2) is 49.7 Å². The third kappa shape index (κ3) is 6.80. The van der Waals surface area contributed by atoms with Crippen LogP contribution in [-0.2, 0) is 10.5 Å². The minimum Gasteiger partial charge on any atom is -0.383 e. The maximum absolute atomic E-state index is 12.1. The van der Waals surface area contributed by atoms with Gasteiger partial charge in [-0.25, -0.2) is 9.97 Å². The number of carbonyl (C=O) groups excluding carboxylic acids is 1. The van der Waals surface area contributed by atoms with Crippen LogP contribution in [0.5, 0.6) is 0 Å². The SMILES string of the molecule is CCCN(C)c1cc(-c2ccccc2)nc(SCc2ccc(C(=O)NCCOC)cc2)n1. The highest BCUT2D eigenvalue weighted by molar-refractivity contribution is 7.98. The van der Waals surface area contributed by atoms with E-state index in [4.69, 9.17) is 14.7 Å². The molecule has 0 saturated heterocycles. The fourth-order valence-electron chi connectivity index (χ4n) is 3.15. The van der Waals surface area contributed by atoms with Gasteiger partial charge in [0.05, 0.1) is 12.3 Å². The molecule has 7 heteroatoms. The number of carbonyl (C=O) groups is 1. The van der Waals surface area contributed by atoms with Gasteiger partial charge in [0, 0.05) is 50.2 Å². The monoisotopic (exact) mass is 450 g/mol. The summed E-state index contributed by atoms with van der Waals surface area (Å²) in [6.07, 6.45) is 1.05. The summed E-state index contributed by atoms with van der Waals surface area (Å²) in [6, 6.07) is 19.9. The predicted molar refractivity (Wildman–Crippen MR) is 131 cm³/mol. The first-order chi connectivity index (χ1) is 15.6. The maximum atomic E-state index is 12.1. The van der Waals surface area contributed by atoms with E-state index in [2.05, 4.69) is 36.3 Å². The molecule has 1 N–H and O–H groups in total. The molecule has 3 rings (SSSR count). The second kappa shape index (κ2) is 12.2. The molecule has 3 aromatic rings. The van der Waals surface area contributed by atoms with Crippen LogP contribution in [0.4, 0.5) is 5.82 Å². The summed E-state index contributed by atoms with van der Waals surface area (Å²) in [7, 11) is 3.67. The van der Waals surface area contributed by atoms with Crippen molar-refractivity contribution >= 4 is 23.5 Å². The van der Waals surface area contributed by atoms with Crippen LogP contribution in [0, 0.1) is 0 Å². The summed E-state index contributed by atoms with van der Waals surface area (Å²) >= 11 is 1.60. The zero-order chi connectivity index (χ0) is 22.8. The van der Waals surface area contributed by atoms with E-state index in [0.29, 0.717) is 18.7 Å². The molecular formula is C25H30N4O2S. The zero-order valence-corrected chi connectivity index (χ0v) is 19.7. The number of hydrogen-bond donors (Lipinski definition) is 1. The van der Waals surface area contributed by atoms with Crippen molar-refractivity contribution in [1.29, 1.82) is 0 Å². The van der Waals surface area contributed by atoms with Gasteiger partial charge in [0.15, 0.2) is 5.16 Å². The topological polar surface area (TPSA) is 67.4 Å². The average Bonchev–Trinajstić information content (AvgIpc) is 2.83. The zero-order valence-electron chi connectivity index (χ0n) is 18.9. The number of nitrogens with one attached hydrogen (secondary N) is 1. The average molecular weight is 451 g/mol. The first kappa shape index (κ1) is 23.8. The molecular weight excluding hydrogens is 420 g/mol. The number of aromatic nitrogens is 2. The fraction of sp³-hybridized carbons (Fsp3) is 0.320. The van der Waals surface area contributed by atoms with Crippen molar-refractivity contribution in [3.05, 3.63) is 71.8 Å². The van der Waals surface area contributed by atoms with Crippen molar-refractivity contribution < 1.29 is 9.53 Å².